The van der Waals surface area contributed by atoms with Gasteiger partial charge >= 0.3 is 11.3 Å². The van der Waals surface area contributed by atoms with Gasteiger partial charge in [-0.1, -0.05) is 18.2 Å². The molecule has 1 aromatic carbocycles. The van der Waals surface area contributed by atoms with Crippen molar-refractivity contribution in [1.29, 1.82) is 0 Å². The normalized spacial score (nSPS) is 10.8. The molecule has 6 heteroatoms. The van der Waals surface area contributed by atoms with E-state index in [9.17, 15) is 4.79 Å². The lowest BCUT2D eigenvalue weighted by atomic mass is 10.3. The number of hydrogen-bond acceptors (Lipinski definition) is 4. The first kappa shape index (κ1) is 14.5. The number of nitrogens with zero attached hydrogens (tertiary/aromatic N) is 1. The maximum Gasteiger partial charge on any atom is 0.431 e. The monoisotopic (exact) mass is 278 g/mol. The van der Waals surface area contributed by atoms with E-state index in [1.807, 2.05) is 37.3 Å². The molecular weight excluding hydrogens is 258 g/mol. The van der Waals surface area contributed by atoms with Crippen LogP contribution in [0.1, 0.15) is 19.0 Å². The highest BCUT2D eigenvalue weighted by atomic mass is 16.5. The van der Waals surface area contributed by atoms with Crippen LogP contribution in [-0.2, 0) is 11.3 Å². The number of aromatic nitrogens is 2. The second-order valence-electron chi connectivity index (χ2n) is 4.33. The van der Waals surface area contributed by atoms with Crippen molar-refractivity contribution in [1.82, 2.24) is 10.6 Å². The van der Waals surface area contributed by atoms with Crippen LogP contribution in [0.4, 0.5) is 0 Å². The highest BCUT2D eigenvalue weighted by Crippen LogP contribution is 1.97. The second-order valence-corrected chi connectivity index (χ2v) is 4.33. The summed E-state index contributed by atoms with van der Waals surface area (Å²) in [6, 6.07) is 9.56. The van der Waals surface area contributed by atoms with E-state index in [-0.39, 0.29) is 5.63 Å². The fourth-order valence-corrected chi connectivity index (χ4v) is 1.88. The Kier molecular flexibility index (Phi) is 5.52. The molecule has 20 heavy (non-hydrogen) atoms. The number of para-hydroxylation sites is 1. The van der Waals surface area contributed by atoms with Gasteiger partial charge in [0.15, 0.2) is 0 Å². The SMILES string of the molecule is CCOCCCNCc1c(=O)o[nH][n+]1-c1ccccc1. The molecule has 1 aromatic heterocycles. The first-order valence-corrected chi connectivity index (χ1v) is 6.79. The maximum absolute atomic E-state index is 11.7. The van der Waals surface area contributed by atoms with Crippen LogP contribution in [0, 0.1) is 0 Å². The lowest BCUT2D eigenvalue weighted by Gasteiger charge is -2.01. The van der Waals surface area contributed by atoms with Crippen LogP contribution in [0.2, 0.25) is 0 Å². The van der Waals surface area contributed by atoms with Crippen LogP contribution in [0.15, 0.2) is 39.6 Å². The lowest BCUT2D eigenvalue weighted by Crippen LogP contribution is -2.40. The third kappa shape index (κ3) is 3.79. The van der Waals surface area contributed by atoms with Gasteiger partial charge in [-0.25, -0.2) is 4.79 Å². The topological polar surface area (TPSA) is 71.1 Å². The molecule has 0 atom stereocenters. The molecule has 0 bridgehead atoms. The van der Waals surface area contributed by atoms with Crippen molar-refractivity contribution in [2.24, 2.45) is 0 Å². The molecule has 0 spiro atoms. The summed E-state index contributed by atoms with van der Waals surface area (Å²) in [7, 11) is 0. The third-order valence-electron chi connectivity index (χ3n) is 2.89. The number of H-pyrrole nitrogens is 1. The zero-order chi connectivity index (χ0) is 14.2. The average molecular weight is 278 g/mol. The van der Waals surface area contributed by atoms with Crippen LogP contribution in [0.3, 0.4) is 0 Å². The van der Waals surface area contributed by atoms with E-state index in [4.69, 9.17) is 9.26 Å². The van der Waals surface area contributed by atoms with Crippen molar-refractivity contribution in [2.45, 2.75) is 19.9 Å². The Labute approximate surface area is 117 Å². The summed E-state index contributed by atoms with van der Waals surface area (Å²) in [5, 5.41) is 5.83. The Morgan fingerprint density at radius 3 is 2.90 bits per heavy atom. The quantitative estimate of drug-likeness (QED) is 0.552. The minimum atomic E-state index is -0.355. The molecule has 0 aliphatic rings. The zero-order valence-corrected chi connectivity index (χ0v) is 11.6. The van der Waals surface area contributed by atoms with Gasteiger partial charge in [-0.05, 0) is 29.8 Å². The largest absolute Gasteiger partial charge is 0.431 e. The maximum atomic E-state index is 11.7. The van der Waals surface area contributed by atoms with Crippen molar-refractivity contribution in [2.75, 3.05) is 19.8 Å². The molecule has 0 amide bonds. The summed E-state index contributed by atoms with van der Waals surface area (Å²) < 4.78 is 11.8. The van der Waals surface area contributed by atoms with Gasteiger partial charge in [0.2, 0.25) is 5.69 Å². The molecule has 2 aromatic rings. The highest BCUT2D eigenvalue weighted by molar-refractivity contribution is 5.21. The van der Waals surface area contributed by atoms with E-state index in [1.54, 1.807) is 4.68 Å². The van der Waals surface area contributed by atoms with Crippen LogP contribution in [0.25, 0.3) is 5.69 Å². The molecule has 0 radical (unpaired) electrons. The summed E-state index contributed by atoms with van der Waals surface area (Å²) in [4.78, 5) is 11.7. The number of ether oxygens (including phenoxy) is 1. The van der Waals surface area contributed by atoms with Crippen molar-refractivity contribution in [3.63, 3.8) is 0 Å². The number of rotatable bonds is 8. The van der Waals surface area contributed by atoms with Gasteiger partial charge in [-0.3, -0.25) is 4.52 Å². The first-order valence-electron chi connectivity index (χ1n) is 6.79. The first-order chi connectivity index (χ1) is 9.83. The summed E-state index contributed by atoms with van der Waals surface area (Å²) in [6.45, 7) is 4.67. The molecule has 0 saturated carbocycles. The molecule has 0 saturated heterocycles. The Balaban J connectivity index is 1.95. The van der Waals surface area contributed by atoms with E-state index in [0.29, 0.717) is 12.2 Å². The summed E-state index contributed by atoms with van der Waals surface area (Å²) in [5.74, 6) is 0. The molecule has 0 unspecified atom stereocenters. The number of benzene rings is 1. The van der Waals surface area contributed by atoms with Crippen molar-refractivity contribution < 1.29 is 13.9 Å². The minimum absolute atomic E-state index is 0.355. The third-order valence-corrected chi connectivity index (χ3v) is 2.89. The fraction of sp³-hybridized carbons (Fsp3) is 0.429. The molecule has 0 aliphatic heterocycles. The molecule has 0 aliphatic carbocycles. The van der Waals surface area contributed by atoms with Gasteiger partial charge in [-0.2, -0.15) is 0 Å². The van der Waals surface area contributed by atoms with E-state index in [0.717, 1.165) is 31.9 Å². The molecule has 6 nitrogen and oxygen atoms in total. The lowest BCUT2D eigenvalue weighted by molar-refractivity contribution is -0.677. The van der Waals surface area contributed by atoms with Crippen molar-refractivity contribution in [3.05, 3.63) is 46.4 Å². The van der Waals surface area contributed by atoms with Crippen molar-refractivity contribution in [3.8, 4) is 5.69 Å². The molecule has 2 rings (SSSR count). The molecular formula is C14H20N3O3+. The Morgan fingerprint density at radius 2 is 2.15 bits per heavy atom. The summed E-state index contributed by atoms with van der Waals surface area (Å²) in [6.07, 6.45) is 0.912. The van der Waals surface area contributed by atoms with Crippen LogP contribution in [0.5, 0.6) is 0 Å². The van der Waals surface area contributed by atoms with Crippen LogP contribution >= 0.6 is 0 Å². The fourth-order valence-electron chi connectivity index (χ4n) is 1.88. The zero-order valence-electron chi connectivity index (χ0n) is 11.6. The highest BCUT2D eigenvalue weighted by Gasteiger charge is 2.22. The van der Waals surface area contributed by atoms with Gasteiger partial charge < -0.3 is 10.1 Å². The minimum Gasteiger partial charge on any atom is -0.382 e. The van der Waals surface area contributed by atoms with E-state index >= 15 is 0 Å². The van der Waals surface area contributed by atoms with Gasteiger partial charge in [0.1, 0.15) is 0 Å². The van der Waals surface area contributed by atoms with Gasteiger partial charge in [0.05, 0.1) is 6.54 Å². The van der Waals surface area contributed by atoms with Crippen molar-refractivity contribution >= 4 is 0 Å². The average Bonchev–Trinajstić information content (AvgIpc) is 2.85. The van der Waals surface area contributed by atoms with Crippen LogP contribution < -0.4 is 15.6 Å². The number of nitrogens with one attached hydrogen (secondary N) is 2. The molecule has 1 heterocycles. The van der Waals surface area contributed by atoms with E-state index in [2.05, 4.69) is 10.6 Å². The van der Waals surface area contributed by atoms with Gasteiger partial charge in [0, 0.05) is 25.3 Å². The van der Waals surface area contributed by atoms with Gasteiger partial charge in [-0.15, -0.1) is 0 Å². The summed E-state index contributed by atoms with van der Waals surface area (Å²) in [5.41, 5.74) is 1.06. The number of aromatic amines is 1. The predicted octanol–water partition coefficient (Wildman–Crippen LogP) is 0.761. The van der Waals surface area contributed by atoms with E-state index in [1.165, 1.54) is 0 Å². The Hall–Kier alpha value is -1.92. The smallest absolute Gasteiger partial charge is 0.382 e. The van der Waals surface area contributed by atoms with Gasteiger partial charge in [0.25, 0.3) is 0 Å². The second kappa shape index (κ2) is 7.62. The van der Waals surface area contributed by atoms with E-state index < -0.39 is 0 Å². The molecule has 2 N–H and O–H groups in total. The van der Waals surface area contributed by atoms with Crippen LogP contribution in [-0.4, -0.2) is 25.0 Å². The standard InChI is InChI=1S/C14H19N3O3/c1-2-19-10-6-9-15-11-13-14(18)20-16-17(13)12-7-4-3-5-8-12/h3-5,7-8,15H,2,6,9-11H2,1H3/p+1. The summed E-state index contributed by atoms with van der Waals surface area (Å²) >= 11 is 0. The molecule has 0 fully saturated rings. The Bertz CT molecular complexity index is 563. The predicted molar refractivity (Wildman–Crippen MR) is 73.7 cm³/mol. The Morgan fingerprint density at radius 1 is 1.35 bits per heavy atom. The molecule has 108 valence electrons. The number of hydrogen-bond donors (Lipinski definition) is 2.